The van der Waals surface area contributed by atoms with E-state index in [9.17, 15) is 4.79 Å². The fourth-order valence-corrected chi connectivity index (χ4v) is 1.33. The van der Waals surface area contributed by atoms with Gasteiger partial charge in [0.25, 0.3) is 0 Å². The maximum Gasteiger partial charge on any atom is 0.509 e. The van der Waals surface area contributed by atoms with Gasteiger partial charge in [0.05, 0.1) is 0 Å². The molecule has 0 bridgehead atoms. The van der Waals surface area contributed by atoms with Crippen LogP contribution in [-0.2, 0) is 9.47 Å². The van der Waals surface area contributed by atoms with E-state index in [-0.39, 0.29) is 24.6 Å². The molecule has 2 aliphatic heterocycles. The topological polar surface area (TPSA) is 47.6 Å². The molecule has 5 heteroatoms. The zero-order chi connectivity index (χ0) is 6.97. The van der Waals surface area contributed by atoms with E-state index in [1.807, 2.05) is 0 Å². The molecule has 0 radical (unpaired) electrons. The maximum absolute atomic E-state index is 10.5. The van der Waals surface area contributed by atoms with Gasteiger partial charge in [-0.15, -0.1) is 12.4 Å². The molecule has 4 nitrogen and oxygen atoms in total. The van der Waals surface area contributed by atoms with Crippen LogP contribution in [0.15, 0.2) is 0 Å². The average molecular weight is 180 g/mol. The Morgan fingerprint density at radius 2 is 2.09 bits per heavy atom. The highest BCUT2D eigenvalue weighted by molar-refractivity contribution is 5.85. The van der Waals surface area contributed by atoms with Gasteiger partial charge in [0, 0.05) is 13.0 Å². The lowest BCUT2D eigenvalue weighted by Gasteiger charge is -2.20. The summed E-state index contributed by atoms with van der Waals surface area (Å²) in [6, 6.07) is 0. The number of ether oxygens (including phenoxy) is 2. The third-order valence-electron chi connectivity index (χ3n) is 1.86. The molecule has 0 aromatic rings. The first-order valence-corrected chi connectivity index (χ1v) is 3.44. The zero-order valence-electron chi connectivity index (χ0n) is 5.91. The van der Waals surface area contributed by atoms with Gasteiger partial charge in [-0.2, -0.15) is 0 Å². The Balaban J connectivity index is 0.000000605. The molecule has 2 saturated heterocycles. The van der Waals surface area contributed by atoms with Crippen molar-refractivity contribution in [3.05, 3.63) is 0 Å². The van der Waals surface area contributed by atoms with Gasteiger partial charge in [-0.25, -0.2) is 4.79 Å². The lowest BCUT2D eigenvalue weighted by molar-refractivity contribution is 0.116. The molecule has 0 amide bonds. The van der Waals surface area contributed by atoms with Crippen LogP contribution < -0.4 is 5.32 Å². The summed E-state index contributed by atoms with van der Waals surface area (Å²) in [5.41, 5.74) is 0. The minimum atomic E-state index is -0.515. The van der Waals surface area contributed by atoms with Gasteiger partial charge in [0.2, 0.25) is 0 Å². The maximum atomic E-state index is 10.5. The minimum absolute atomic E-state index is 0. The van der Waals surface area contributed by atoms with Crippen molar-refractivity contribution in [2.45, 2.75) is 18.6 Å². The number of halogens is 1. The van der Waals surface area contributed by atoms with Crippen LogP contribution in [0.3, 0.4) is 0 Å². The van der Waals surface area contributed by atoms with Crippen LogP contribution >= 0.6 is 12.4 Å². The van der Waals surface area contributed by atoms with Crippen LogP contribution in [0.4, 0.5) is 4.79 Å². The van der Waals surface area contributed by atoms with Crippen LogP contribution in [-0.4, -0.2) is 31.5 Å². The molecular formula is C6H10ClNO3. The van der Waals surface area contributed by atoms with E-state index in [1.165, 1.54) is 0 Å². The summed E-state index contributed by atoms with van der Waals surface area (Å²) >= 11 is 0. The second-order valence-electron chi connectivity index (χ2n) is 2.56. The molecule has 0 saturated carbocycles. The molecule has 1 N–H and O–H groups in total. The number of carbonyl (C=O) groups excluding carboxylic acids is 1. The van der Waals surface area contributed by atoms with E-state index in [1.54, 1.807) is 0 Å². The van der Waals surface area contributed by atoms with Crippen molar-refractivity contribution in [2.24, 2.45) is 0 Å². The number of rotatable bonds is 0. The van der Waals surface area contributed by atoms with Gasteiger partial charge in [-0.1, -0.05) is 0 Å². The van der Waals surface area contributed by atoms with Gasteiger partial charge in [-0.05, 0) is 6.54 Å². The van der Waals surface area contributed by atoms with Crippen molar-refractivity contribution in [1.82, 2.24) is 5.32 Å². The number of hydrogen-bond acceptors (Lipinski definition) is 4. The van der Waals surface area contributed by atoms with Crippen LogP contribution in [0.1, 0.15) is 6.42 Å². The smallest absolute Gasteiger partial charge is 0.427 e. The Morgan fingerprint density at radius 3 is 2.82 bits per heavy atom. The zero-order valence-corrected chi connectivity index (χ0v) is 6.73. The van der Waals surface area contributed by atoms with Gasteiger partial charge in [0.1, 0.15) is 6.10 Å². The summed E-state index contributed by atoms with van der Waals surface area (Å²) in [5.74, 6) is 0. The average Bonchev–Trinajstić information content (AvgIpc) is 2.27. The fourth-order valence-electron chi connectivity index (χ4n) is 1.33. The quantitative estimate of drug-likeness (QED) is 0.544. The molecule has 11 heavy (non-hydrogen) atoms. The van der Waals surface area contributed by atoms with Gasteiger partial charge in [0.15, 0.2) is 6.10 Å². The van der Waals surface area contributed by atoms with Gasteiger partial charge < -0.3 is 14.8 Å². The first kappa shape index (κ1) is 8.62. The van der Waals surface area contributed by atoms with Crippen molar-refractivity contribution < 1.29 is 14.3 Å². The van der Waals surface area contributed by atoms with E-state index in [2.05, 4.69) is 5.32 Å². The van der Waals surface area contributed by atoms with Crippen molar-refractivity contribution in [3.63, 3.8) is 0 Å². The van der Waals surface area contributed by atoms with Crippen LogP contribution in [0.25, 0.3) is 0 Å². The highest BCUT2D eigenvalue weighted by atomic mass is 35.5. The highest BCUT2D eigenvalue weighted by Crippen LogP contribution is 2.19. The number of fused-ring (bicyclic) bond motifs is 1. The van der Waals surface area contributed by atoms with E-state index in [4.69, 9.17) is 9.47 Å². The SMILES string of the molecule is Cl.O=C1OC2CCNCC2O1. The number of hydrogen-bond donors (Lipinski definition) is 1. The Morgan fingerprint density at radius 1 is 1.36 bits per heavy atom. The predicted molar refractivity (Wildman–Crippen MR) is 39.9 cm³/mol. The second kappa shape index (κ2) is 3.28. The van der Waals surface area contributed by atoms with Crippen molar-refractivity contribution in [1.29, 1.82) is 0 Å². The fraction of sp³-hybridized carbons (Fsp3) is 0.833. The van der Waals surface area contributed by atoms with Crippen LogP contribution in [0, 0.1) is 0 Å². The first-order chi connectivity index (χ1) is 4.86. The Labute approximate surface area is 70.6 Å². The molecule has 2 unspecified atom stereocenters. The van der Waals surface area contributed by atoms with Crippen molar-refractivity contribution >= 4 is 18.6 Å². The third-order valence-corrected chi connectivity index (χ3v) is 1.86. The van der Waals surface area contributed by atoms with Crippen molar-refractivity contribution in [3.8, 4) is 0 Å². The second-order valence-corrected chi connectivity index (χ2v) is 2.56. The highest BCUT2D eigenvalue weighted by Gasteiger charge is 2.37. The normalized spacial score (nSPS) is 34.7. The lowest BCUT2D eigenvalue weighted by Crippen LogP contribution is -2.41. The summed E-state index contributed by atoms with van der Waals surface area (Å²) in [6.45, 7) is 1.65. The summed E-state index contributed by atoms with van der Waals surface area (Å²) in [4.78, 5) is 10.5. The molecule has 2 atom stereocenters. The molecule has 0 aromatic heterocycles. The summed E-state index contributed by atoms with van der Waals surface area (Å²) < 4.78 is 9.71. The Hall–Kier alpha value is -0.480. The monoisotopic (exact) mass is 179 g/mol. The molecule has 0 aliphatic carbocycles. The summed E-state index contributed by atoms with van der Waals surface area (Å²) in [5, 5.41) is 3.12. The minimum Gasteiger partial charge on any atom is -0.427 e. The van der Waals surface area contributed by atoms with Crippen LogP contribution in [0.2, 0.25) is 0 Å². The number of piperidine rings is 1. The van der Waals surface area contributed by atoms with E-state index in [0.29, 0.717) is 0 Å². The first-order valence-electron chi connectivity index (χ1n) is 3.44. The lowest BCUT2D eigenvalue weighted by atomic mass is 10.1. The third kappa shape index (κ3) is 1.57. The van der Waals surface area contributed by atoms with E-state index < -0.39 is 6.16 Å². The molecule has 2 rings (SSSR count). The van der Waals surface area contributed by atoms with E-state index in [0.717, 1.165) is 19.5 Å². The molecule has 64 valence electrons. The van der Waals surface area contributed by atoms with Gasteiger partial charge in [-0.3, -0.25) is 0 Å². The summed E-state index contributed by atoms with van der Waals surface area (Å²) in [6.07, 6.45) is 0.324. The predicted octanol–water partition coefficient (Wildman–Crippen LogP) is 0.305. The number of carbonyl (C=O) groups is 1. The molecule has 0 aromatic carbocycles. The molecule has 2 heterocycles. The van der Waals surface area contributed by atoms with Gasteiger partial charge >= 0.3 is 6.16 Å². The molecule has 2 fully saturated rings. The number of nitrogens with one attached hydrogen (secondary N) is 1. The molecular weight excluding hydrogens is 170 g/mol. The standard InChI is InChI=1S/C6H9NO3.ClH/c8-6-9-4-1-2-7-3-5(4)10-6;/h4-5,7H,1-3H2;1H. The Bertz CT molecular complexity index is 148. The Kier molecular flexibility index (Phi) is 2.57. The van der Waals surface area contributed by atoms with Crippen LogP contribution in [0.5, 0.6) is 0 Å². The molecule has 0 spiro atoms. The van der Waals surface area contributed by atoms with E-state index >= 15 is 0 Å². The molecule has 2 aliphatic rings. The summed E-state index contributed by atoms with van der Waals surface area (Å²) in [7, 11) is 0. The largest absolute Gasteiger partial charge is 0.509 e. The van der Waals surface area contributed by atoms with Crippen molar-refractivity contribution in [2.75, 3.05) is 13.1 Å².